The normalized spacial score (nSPS) is 15.6. The summed E-state index contributed by atoms with van der Waals surface area (Å²) in [7, 11) is -3.06. The van der Waals surface area contributed by atoms with E-state index in [1.54, 1.807) is 0 Å². The average molecular weight is 310 g/mol. The van der Waals surface area contributed by atoms with Crippen LogP contribution >= 0.6 is 0 Å². The van der Waals surface area contributed by atoms with Crippen molar-refractivity contribution in [2.45, 2.75) is 38.6 Å². The third kappa shape index (κ3) is 5.41. The lowest BCUT2D eigenvalue weighted by atomic mass is 10.1. The van der Waals surface area contributed by atoms with E-state index in [1.807, 2.05) is 6.92 Å². The van der Waals surface area contributed by atoms with Crippen molar-refractivity contribution in [2.24, 2.45) is 0 Å². The van der Waals surface area contributed by atoms with Gasteiger partial charge < -0.3 is 5.32 Å². The second-order valence-electron chi connectivity index (χ2n) is 5.80. The highest BCUT2D eigenvalue weighted by Gasteiger charge is 2.22. The molecule has 0 bridgehead atoms. The predicted molar refractivity (Wildman–Crippen MR) is 86.8 cm³/mol. The lowest BCUT2D eigenvalue weighted by Crippen LogP contribution is -2.32. The largest absolute Gasteiger partial charge is 0.313 e. The molecule has 1 saturated carbocycles. The third-order valence-electron chi connectivity index (χ3n) is 3.94. The highest BCUT2D eigenvalue weighted by atomic mass is 32.2. The van der Waals surface area contributed by atoms with Gasteiger partial charge in [-0.3, -0.25) is 0 Å². The monoisotopic (exact) mass is 310 g/mol. The molecule has 1 N–H and O–H groups in total. The van der Waals surface area contributed by atoms with Crippen LogP contribution in [0.15, 0.2) is 24.3 Å². The SMILES string of the molecule is CCN(CCCNCc1ccc(C2CC2)cc1)S(C)(=O)=O. The van der Waals surface area contributed by atoms with Crippen LogP contribution in [0.2, 0.25) is 0 Å². The van der Waals surface area contributed by atoms with Crippen LogP contribution in [0.5, 0.6) is 0 Å². The number of hydrogen-bond acceptors (Lipinski definition) is 3. The quantitative estimate of drug-likeness (QED) is 0.712. The van der Waals surface area contributed by atoms with Gasteiger partial charge in [-0.05, 0) is 42.9 Å². The summed E-state index contributed by atoms with van der Waals surface area (Å²) in [6, 6.07) is 8.85. The van der Waals surface area contributed by atoms with Crippen LogP contribution in [-0.4, -0.2) is 38.6 Å². The molecule has 0 amide bonds. The van der Waals surface area contributed by atoms with Crippen LogP contribution in [0, 0.1) is 0 Å². The minimum Gasteiger partial charge on any atom is -0.313 e. The zero-order chi connectivity index (χ0) is 15.3. The van der Waals surface area contributed by atoms with Gasteiger partial charge in [-0.25, -0.2) is 12.7 Å². The molecule has 0 heterocycles. The summed E-state index contributed by atoms with van der Waals surface area (Å²) >= 11 is 0. The van der Waals surface area contributed by atoms with Crippen molar-refractivity contribution in [3.63, 3.8) is 0 Å². The fourth-order valence-corrected chi connectivity index (χ4v) is 3.43. The summed E-state index contributed by atoms with van der Waals surface area (Å²) in [6.45, 7) is 4.67. The van der Waals surface area contributed by atoms with Gasteiger partial charge in [0.15, 0.2) is 0 Å². The molecule has 0 spiro atoms. The minimum atomic E-state index is -3.06. The van der Waals surface area contributed by atoms with Crippen molar-refractivity contribution in [2.75, 3.05) is 25.9 Å². The molecule has 1 aromatic carbocycles. The van der Waals surface area contributed by atoms with E-state index in [1.165, 1.54) is 34.5 Å². The van der Waals surface area contributed by atoms with Gasteiger partial charge in [-0.1, -0.05) is 31.2 Å². The fourth-order valence-electron chi connectivity index (χ4n) is 2.50. The first-order valence-electron chi connectivity index (χ1n) is 7.75. The highest BCUT2D eigenvalue weighted by molar-refractivity contribution is 7.88. The molecule has 2 rings (SSSR count). The number of nitrogens with one attached hydrogen (secondary N) is 1. The maximum Gasteiger partial charge on any atom is 0.211 e. The third-order valence-corrected chi connectivity index (χ3v) is 5.32. The van der Waals surface area contributed by atoms with Gasteiger partial charge in [0.25, 0.3) is 0 Å². The molecule has 0 atom stereocenters. The Hall–Kier alpha value is -0.910. The molecule has 1 aliphatic rings. The number of hydrogen-bond donors (Lipinski definition) is 1. The summed E-state index contributed by atoms with van der Waals surface area (Å²) in [5.41, 5.74) is 2.75. The van der Waals surface area contributed by atoms with Crippen LogP contribution in [0.4, 0.5) is 0 Å². The molecule has 0 aliphatic heterocycles. The van der Waals surface area contributed by atoms with E-state index < -0.39 is 10.0 Å². The Morgan fingerprint density at radius 1 is 1.24 bits per heavy atom. The van der Waals surface area contributed by atoms with Crippen molar-refractivity contribution in [1.29, 1.82) is 0 Å². The smallest absolute Gasteiger partial charge is 0.211 e. The van der Waals surface area contributed by atoms with Crippen molar-refractivity contribution in [1.82, 2.24) is 9.62 Å². The Bertz CT molecular complexity index is 536. The van der Waals surface area contributed by atoms with Gasteiger partial charge in [0, 0.05) is 19.6 Å². The number of sulfonamides is 1. The number of nitrogens with zero attached hydrogens (tertiary/aromatic N) is 1. The summed E-state index contributed by atoms with van der Waals surface area (Å²) < 4.78 is 24.4. The molecule has 0 saturated heterocycles. The van der Waals surface area contributed by atoms with Gasteiger partial charge >= 0.3 is 0 Å². The second kappa shape index (κ2) is 7.38. The van der Waals surface area contributed by atoms with Gasteiger partial charge in [0.1, 0.15) is 0 Å². The number of benzene rings is 1. The minimum absolute atomic E-state index is 0.543. The summed E-state index contributed by atoms with van der Waals surface area (Å²) in [4.78, 5) is 0. The van der Waals surface area contributed by atoms with Crippen LogP contribution in [-0.2, 0) is 16.6 Å². The summed E-state index contributed by atoms with van der Waals surface area (Å²) in [6.07, 6.45) is 4.78. The predicted octanol–water partition coefficient (Wildman–Crippen LogP) is 2.33. The topological polar surface area (TPSA) is 49.4 Å². The molecular weight excluding hydrogens is 284 g/mol. The van der Waals surface area contributed by atoms with E-state index >= 15 is 0 Å². The first-order valence-corrected chi connectivity index (χ1v) is 9.60. The van der Waals surface area contributed by atoms with Gasteiger partial charge in [-0.15, -0.1) is 0 Å². The van der Waals surface area contributed by atoms with E-state index in [-0.39, 0.29) is 0 Å². The molecule has 1 aromatic rings. The first-order chi connectivity index (χ1) is 10.0. The van der Waals surface area contributed by atoms with Gasteiger partial charge in [-0.2, -0.15) is 0 Å². The van der Waals surface area contributed by atoms with Crippen LogP contribution in [0.25, 0.3) is 0 Å². The lowest BCUT2D eigenvalue weighted by Gasteiger charge is -2.17. The molecule has 118 valence electrons. The Morgan fingerprint density at radius 2 is 1.90 bits per heavy atom. The Balaban J connectivity index is 1.65. The van der Waals surface area contributed by atoms with E-state index in [4.69, 9.17) is 0 Å². The van der Waals surface area contributed by atoms with Gasteiger partial charge in [0.05, 0.1) is 6.26 Å². The Kier molecular flexibility index (Phi) is 5.79. The molecule has 0 radical (unpaired) electrons. The second-order valence-corrected chi connectivity index (χ2v) is 7.78. The molecule has 0 unspecified atom stereocenters. The van der Waals surface area contributed by atoms with Crippen molar-refractivity contribution < 1.29 is 8.42 Å². The first kappa shape index (κ1) is 16.5. The summed E-state index contributed by atoms with van der Waals surface area (Å²) in [5.74, 6) is 0.808. The van der Waals surface area contributed by atoms with Crippen LogP contribution < -0.4 is 5.32 Å². The maximum atomic E-state index is 11.4. The molecule has 1 fully saturated rings. The van der Waals surface area contributed by atoms with Crippen molar-refractivity contribution in [3.8, 4) is 0 Å². The molecule has 1 aliphatic carbocycles. The molecule has 21 heavy (non-hydrogen) atoms. The lowest BCUT2D eigenvalue weighted by molar-refractivity contribution is 0.419. The van der Waals surface area contributed by atoms with Crippen LogP contribution in [0.1, 0.15) is 43.2 Å². The molecule has 5 heteroatoms. The van der Waals surface area contributed by atoms with Gasteiger partial charge in [0.2, 0.25) is 10.0 Å². The Labute approximate surface area is 128 Å². The number of rotatable bonds is 9. The maximum absolute atomic E-state index is 11.4. The molecule has 4 nitrogen and oxygen atoms in total. The van der Waals surface area contributed by atoms with E-state index in [0.717, 1.165) is 25.4 Å². The Morgan fingerprint density at radius 3 is 2.43 bits per heavy atom. The average Bonchev–Trinajstić information content (AvgIpc) is 3.26. The zero-order valence-corrected chi connectivity index (χ0v) is 13.8. The van der Waals surface area contributed by atoms with E-state index in [2.05, 4.69) is 29.6 Å². The zero-order valence-electron chi connectivity index (χ0n) is 13.0. The summed E-state index contributed by atoms with van der Waals surface area (Å²) in [5, 5.41) is 3.38. The highest BCUT2D eigenvalue weighted by Crippen LogP contribution is 2.39. The van der Waals surface area contributed by atoms with E-state index in [0.29, 0.717) is 13.1 Å². The molecular formula is C16H26N2O2S. The van der Waals surface area contributed by atoms with Crippen molar-refractivity contribution >= 4 is 10.0 Å². The fraction of sp³-hybridized carbons (Fsp3) is 0.625. The van der Waals surface area contributed by atoms with Crippen molar-refractivity contribution in [3.05, 3.63) is 35.4 Å². The standard InChI is InChI=1S/C16H26N2O2S/c1-3-18(21(2,19)20)12-4-11-17-13-14-5-7-15(8-6-14)16-9-10-16/h5-8,16-17H,3-4,9-13H2,1-2H3. The van der Waals surface area contributed by atoms with Crippen LogP contribution in [0.3, 0.4) is 0 Å². The van der Waals surface area contributed by atoms with E-state index in [9.17, 15) is 8.42 Å². The molecule has 0 aromatic heterocycles.